The topological polar surface area (TPSA) is 33.5 Å². The maximum absolute atomic E-state index is 13.1. The molecule has 0 saturated heterocycles. The molecule has 0 fully saturated rings. The molecule has 0 spiro atoms. The third kappa shape index (κ3) is 2.86. The molecule has 0 aliphatic carbocycles. The second-order valence-electron chi connectivity index (χ2n) is 6.71. The molecule has 0 radical (unpaired) electrons. The van der Waals surface area contributed by atoms with E-state index in [4.69, 9.17) is 4.42 Å². The Bertz CT molecular complexity index is 908. The lowest BCUT2D eigenvalue weighted by Crippen LogP contribution is -2.40. The number of fused-ring (bicyclic) bond motifs is 1. The highest BCUT2D eigenvalue weighted by Crippen LogP contribution is 2.36. The lowest BCUT2D eigenvalue weighted by Gasteiger charge is -2.37. The molecule has 0 N–H and O–H groups in total. The normalized spacial score (nSPS) is 16.6. The Balaban J connectivity index is 1.80. The van der Waals surface area contributed by atoms with Crippen LogP contribution in [0.4, 0.5) is 0 Å². The number of amides is 1. The van der Waals surface area contributed by atoms with Gasteiger partial charge in [-0.05, 0) is 43.0 Å². The van der Waals surface area contributed by atoms with E-state index in [1.54, 1.807) is 6.26 Å². The molecule has 1 unspecified atom stereocenters. The predicted molar refractivity (Wildman–Crippen MR) is 97.6 cm³/mol. The van der Waals surface area contributed by atoms with Gasteiger partial charge in [0.1, 0.15) is 12.0 Å². The standard InChI is InChI=1S/C22H21NO2/c1-15-7-9-18(10-8-15)21-20-6-4-3-5-17(20)11-12-23(21)22(24)19-13-16(2)25-14-19/h3-10,13-14,21H,11-12H2,1-2H3. The number of carbonyl (C=O) groups is 1. The zero-order valence-electron chi connectivity index (χ0n) is 14.5. The minimum Gasteiger partial charge on any atom is -0.469 e. The first kappa shape index (κ1) is 15.7. The second-order valence-corrected chi connectivity index (χ2v) is 6.71. The number of benzene rings is 2. The average molecular weight is 331 g/mol. The summed E-state index contributed by atoms with van der Waals surface area (Å²) in [6, 6.07) is 18.7. The summed E-state index contributed by atoms with van der Waals surface area (Å²) in [5.41, 5.74) is 5.52. The predicted octanol–water partition coefficient (Wildman–Crippen LogP) is 4.68. The van der Waals surface area contributed by atoms with Gasteiger partial charge in [-0.2, -0.15) is 0 Å². The van der Waals surface area contributed by atoms with Gasteiger partial charge in [-0.25, -0.2) is 0 Å². The van der Waals surface area contributed by atoms with Crippen LogP contribution in [0.3, 0.4) is 0 Å². The molecule has 4 rings (SSSR count). The Morgan fingerprint density at radius 1 is 1.08 bits per heavy atom. The van der Waals surface area contributed by atoms with Crippen molar-refractivity contribution >= 4 is 5.91 Å². The number of hydrogen-bond donors (Lipinski definition) is 0. The number of nitrogens with zero attached hydrogens (tertiary/aromatic N) is 1. The van der Waals surface area contributed by atoms with Crippen molar-refractivity contribution in [3.63, 3.8) is 0 Å². The van der Waals surface area contributed by atoms with Crippen LogP contribution in [0.25, 0.3) is 0 Å². The third-order valence-corrected chi connectivity index (χ3v) is 4.91. The Hall–Kier alpha value is -2.81. The Labute approximate surface area is 147 Å². The van der Waals surface area contributed by atoms with Crippen LogP contribution in [-0.4, -0.2) is 17.4 Å². The molecule has 1 amide bonds. The summed E-state index contributed by atoms with van der Waals surface area (Å²) in [6.45, 7) is 4.65. The summed E-state index contributed by atoms with van der Waals surface area (Å²) in [5.74, 6) is 0.782. The molecule has 0 saturated carbocycles. The van der Waals surface area contributed by atoms with Gasteiger partial charge in [-0.15, -0.1) is 0 Å². The van der Waals surface area contributed by atoms with Crippen LogP contribution in [0.15, 0.2) is 65.3 Å². The highest BCUT2D eigenvalue weighted by atomic mass is 16.3. The number of hydrogen-bond acceptors (Lipinski definition) is 2. The second kappa shape index (κ2) is 6.25. The SMILES string of the molecule is Cc1ccc(C2c3ccccc3CCN2C(=O)c2coc(C)c2)cc1. The first-order chi connectivity index (χ1) is 12.1. The van der Waals surface area contributed by atoms with E-state index in [0.717, 1.165) is 17.7 Å². The summed E-state index contributed by atoms with van der Waals surface area (Å²) < 4.78 is 5.36. The minimum absolute atomic E-state index is 0.0249. The monoisotopic (exact) mass is 331 g/mol. The largest absolute Gasteiger partial charge is 0.469 e. The summed E-state index contributed by atoms with van der Waals surface area (Å²) in [6.07, 6.45) is 2.44. The molecule has 2 aromatic carbocycles. The van der Waals surface area contributed by atoms with Gasteiger partial charge in [0.25, 0.3) is 5.91 Å². The maximum Gasteiger partial charge on any atom is 0.257 e. The molecule has 3 heteroatoms. The van der Waals surface area contributed by atoms with E-state index in [1.807, 2.05) is 17.9 Å². The summed E-state index contributed by atoms with van der Waals surface area (Å²) in [4.78, 5) is 15.1. The molecule has 1 aliphatic heterocycles. The van der Waals surface area contributed by atoms with Crippen molar-refractivity contribution in [2.45, 2.75) is 26.3 Å². The van der Waals surface area contributed by atoms with Gasteiger partial charge in [0.05, 0.1) is 11.6 Å². The van der Waals surface area contributed by atoms with Gasteiger partial charge < -0.3 is 9.32 Å². The Morgan fingerprint density at radius 3 is 2.56 bits per heavy atom. The van der Waals surface area contributed by atoms with Crippen molar-refractivity contribution in [3.8, 4) is 0 Å². The van der Waals surface area contributed by atoms with Crippen LogP contribution in [-0.2, 0) is 6.42 Å². The molecule has 2 heterocycles. The molecule has 1 aromatic heterocycles. The van der Waals surface area contributed by atoms with Gasteiger partial charge in [0, 0.05) is 6.54 Å². The highest BCUT2D eigenvalue weighted by Gasteiger charge is 2.32. The summed E-state index contributed by atoms with van der Waals surface area (Å²) >= 11 is 0. The number of furan rings is 1. The van der Waals surface area contributed by atoms with Gasteiger partial charge in [0.15, 0.2) is 0 Å². The summed E-state index contributed by atoms with van der Waals surface area (Å²) in [7, 11) is 0. The number of aryl methyl sites for hydroxylation is 2. The van der Waals surface area contributed by atoms with E-state index in [9.17, 15) is 4.79 Å². The van der Waals surface area contributed by atoms with Crippen molar-refractivity contribution in [2.24, 2.45) is 0 Å². The van der Waals surface area contributed by atoms with Crippen LogP contribution < -0.4 is 0 Å². The van der Waals surface area contributed by atoms with Gasteiger partial charge in [-0.3, -0.25) is 4.79 Å². The molecule has 126 valence electrons. The van der Waals surface area contributed by atoms with E-state index in [-0.39, 0.29) is 11.9 Å². The van der Waals surface area contributed by atoms with Crippen molar-refractivity contribution in [3.05, 3.63) is 94.4 Å². The Kier molecular flexibility index (Phi) is 3.92. The lowest BCUT2D eigenvalue weighted by molar-refractivity contribution is 0.0694. The van der Waals surface area contributed by atoms with Gasteiger partial charge >= 0.3 is 0 Å². The first-order valence-corrected chi connectivity index (χ1v) is 8.64. The maximum atomic E-state index is 13.1. The van der Waals surface area contributed by atoms with Crippen LogP contribution in [0.1, 0.15) is 44.4 Å². The fraction of sp³-hybridized carbons (Fsp3) is 0.227. The molecular weight excluding hydrogens is 310 g/mol. The van der Waals surface area contributed by atoms with E-state index < -0.39 is 0 Å². The fourth-order valence-electron chi connectivity index (χ4n) is 3.61. The van der Waals surface area contributed by atoms with Crippen molar-refractivity contribution in [1.29, 1.82) is 0 Å². The van der Waals surface area contributed by atoms with E-state index >= 15 is 0 Å². The van der Waals surface area contributed by atoms with Crippen LogP contribution in [0.5, 0.6) is 0 Å². The van der Waals surface area contributed by atoms with Crippen LogP contribution in [0, 0.1) is 13.8 Å². The zero-order valence-corrected chi connectivity index (χ0v) is 14.5. The quantitative estimate of drug-likeness (QED) is 0.683. The van der Waals surface area contributed by atoms with E-state index in [2.05, 4.69) is 55.5 Å². The smallest absolute Gasteiger partial charge is 0.257 e. The van der Waals surface area contributed by atoms with Gasteiger partial charge in [0.2, 0.25) is 0 Å². The molecular formula is C22H21NO2. The molecule has 3 nitrogen and oxygen atoms in total. The van der Waals surface area contributed by atoms with Crippen LogP contribution in [0.2, 0.25) is 0 Å². The molecule has 0 bridgehead atoms. The lowest BCUT2D eigenvalue weighted by atomic mass is 9.87. The van der Waals surface area contributed by atoms with E-state index in [0.29, 0.717) is 12.1 Å². The van der Waals surface area contributed by atoms with Crippen molar-refractivity contribution in [2.75, 3.05) is 6.54 Å². The average Bonchev–Trinajstić information content (AvgIpc) is 3.07. The fourth-order valence-corrected chi connectivity index (χ4v) is 3.61. The first-order valence-electron chi connectivity index (χ1n) is 8.64. The van der Waals surface area contributed by atoms with Gasteiger partial charge in [-0.1, -0.05) is 54.1 Å². The zero-order chi connectivity index (χ0) is 17.4. The van der Waals surface area contributed by atoms with Crippen molar-refractivity contribution < 1.29 is 9.21 Å². The Morgan fingerprint density at radius 2 is 1.84 bits per heavy atom. The summed E-state index contributed by atoms with van der Waals surface area (Å²) in [5, 5.41) is 0. The van der Waals surface area contributed by atoms with Crippen LogP contribution >= 0.6 is 0 Å². The molecule has 1 aliphatic rings. The molecule has 3 aromatic rings. The number of rotatable bonds is 2. The van der Waals surface area contributed by atoms with E-state index in [1.165, 1.54) is 16.7 Å². The molecule has 25 heavy (non-hydrogen) atoms. The highest BCUT2D eigenvalue weighted by molar-refractivity contribution is 5.94. The minimum atomic E-state index is -0.0618. The number of carbonyl (C=O) groups excluding carboxylic acids is 1. The molecule has 1 atom stereocenters. The third-order valence-electron chi connectivity index (χ3n) is 4.91. The van der Waals surface area contributed by atoms with Crippen molar-refractivity contribution in [1.82, 2.24) is 4.90 Å².